The summed E-state index contributed by atoms with van der Waals surface area (Å²) in [7, 11) is 2.23. The molecular weight excluding hydrogens is 264 g/mol. The quantitative estimate of drug-likeness (QED) is 0.756. The highest BCUT2D eigenvalue weighted by Crippen LogP contribution is 2.31. The maximum Gasteiger partial charge on any atom is 0.0702 e. The third-order valence-corrected chi connectivity index (χ3v) is 5.26. The van der Waals surface area contributed by atoms with Gasteiger partial charge in [-0.05, 0) is 65.0 Å². The number of nitrogens with one attached hydrogen (secondary N) is 1. The molecule has 0 bridgehead atoms. The summed E-state index contributed by atoms with van der Waals surface area (Å²) in [6.07, 6.45) is 9.89. The van der Waals surface area contributed by atoms with Gasteiger partial charge in [-0.25, -0.2) is 0 Å². The van der Waals surface area contributed by atoms with E-state index in [0.29, 0.717) is 12.1 Å². The largest absolute Gasteiger partial charge is 0.394 e. The fourth-order valence-electron chi connectivity index (χ4n) is 3.88. The first-order valence-electron chi connectivity index (χ1n) is 8.87. The van der Waals surface area contributed by atoms with Crippen molar-refractivity contribution in [3.05, 3.63) is 0 Å². The molecule has 124 valence electrons. The van der Waals surface area contributed by atoms with E-state index in [-0.39, 0.29) is 12.1 Å². The smallest absolute Gasteiger partial charge is 0.0702 e. The van der Waals surface area contributed by atoms with E-state index < -0.39 is 0 Å². The number of aliphatic hydroxyl groups excluding tert-OH is 1. The first kappa shape index (κ1) is 17.2. The SMILES string of the molecule is CCCNC1(CO)CCCC(N(C)CC2CCCCO2)C1. The molecule has 1 saturated carbocycles. The number of hydrogen-bond donors (Lipinski definition) is 2. The fraction of sp³-hybridized carbons (Fsp3) is 1.00. The molecule has 3 atom stereocenters. The van der Waals surface area contributed by atoms with Crippen molar-refractivity contribution in [2.45, 2.75) is 76.0 Å². The second kappa shape index (κ2) is 8.47. The van der Waals surface area contributed by atoms with Gasteiger partial charge < -0.3 is 20.1 Å². The first-order valence-corrected chi connectivity index (χ1v) is 8.87. The van der Waals surface area contributed by atoms with Crippen molar-refractivity contribution >= 4 is 0 Å². The predicted octanol–water partition coefficient (Wildman–Crippen LogP) is 2.16. The second-order valence-corrected chi connectivity index (χ2v) is 7.04. The van der Waals surface area contributed by atoms with Crippen molar-refractivity contribution in [1.29, 1.82) is 0 Å². The van der Waals surface area contributed by atoms with E-state index in [1.54, 1.807) is 0 Å². The monoisotopic (exact) mass is 298 g/mol. The third-order valence-electron chi connectivity index (χ3n) is 5.26. The van der Waals surface area contributed by atoms with Crippen LogP contribution in [0.25, 0.3) is 0 Å². The Hall–Kier alpha value is -0.160. The van der Waals surface area contributed by atoms with Gasteiger partial charge in [0.1, 0.15) is 0 Å². The van der Waals surface area contributed by atoms with E-state index >= 15 is 0 Å². The van der Waals surface area contributed by atoms with Gasteiger partial charge in [0.2, 0.25) is 0 Å². The van der Waals surface area contributed by atoms with Crippen molar-refractivity contribution in [3.8, 4) is 0 Å². The van der Waals surface area contributed by atoms with Crippen LogP contribution < -0.4 is 5.32 Å². The lowest BCUT2D eigenvalue weighted by Gasteiger charge is -2.44. The Morgan fingerprint density at radius 3 is 2.81 bits per heavy atom. The number of hydrogen-bond acceptors (Lipinski definition) is 4. The molecule has 0 aromatic carbocycles. The standard InChI is InChI=1S/C17H34N2O2/c1-3-10-18-17(14-20)9-6-7-15(12-17)19(2)13-16-8-4-5-11-21-16/h15-16,18,20H,3-14H2,1-2H3. The van der Waals surface area contributed by atoms with Crippen molar-refractivity contribution in [2.24, 2.45) is 0 Å². The lowest BCUT2D eigenvalue weighted by Crippen LogP contribution is -2.56. The van der Waals surface area contributed by atoms with Gasteiger partial charge in [-0.2, -0.15) is 0 Å². The number of rotatable bonds is 7. The minimum absolute atomic E-state index is 0.0550. The maximum absolute atomic E-state index is 9.88. The van der Waals surface area contributed by atoms with Gasteiger partial charge in [-0.3, -0.25) is 0 Å². The summed E-state index contributed by atoms with van der Waals surface area (Å²) < 4.78 is 5.88. The zero-order chi connectivity index (χ0) is 15.1. The molecular formula is C17H34N2O2. The molecule has 2 rings (SSSR count). The van der Waals surface area contributed by atoms with E-state index in [1.807, 2.05) is 0 Å². The molecule has 2 N–H and O–H groups in total. The Labute approximate surface area is 130 Å². The molecule has 0 radical (unpaired) electrons. The zero-order valence-corrected chi connectivity index (χ0v) is 13.9. The van der Waals surface area contributed by atoms with Crippen LogP contribution in [0, 0.1) is 0 Å². The number of nitrogens with zero attached hydrogens (tertiary/aromatic N) is 1. The van der Waals surface area contributed by atoms with Crippen molar-refractivity contribution in [3.63, 3.8) is 0 Å². The molecule has 1 saturated heterocycles. The maximum atomic E-state index is 9.88. The molecule has 0 amide bonds. The van der Waals surface area contributed by atoms with E-state index in [9.17, 15) is 5.11 Å². The highest BCUT2D eigenvalue weighted by Gasteiger charge is 2.37. The molecule has 2 fully saturated rings. The van der Waals surface area contributed by atoms with Crippen molar-refractivity contribution in [1.82, 2.24) is 10.2 Å². The van der Waals surface area contributed by atoms with E-state index in [1.165, 1.54) is 32.1 Å². The molecule has 0 spiro atoms. The van der Waals surface area contributed by atoms with Crippen LogP contribution in [0.4, 0.5) is 0 Å². The topological polar surface area (TPSA) is 44.7 Å². The molecule has 0 aromatic rings. The molecule has 4 nitrogen and oxygen atoms in total. The normalized spacial score (nSPS) is 34.3. The third kappa shape index (κ3) is 4.92. The molecule has 1 heterocycles. The Bertz CT molecular complexity index is 295. The number of likely N-dealkylation sites (N-methyl/N-ethyl adjacent to an activating group) is 1. The molecule has 2 aliphatic rings. The van der Waals surface area contributed by atoms with Crippen molar-refractivity contribution in [2.75, 3.05) is 33.4 Å². The summed E-state index contributed by atoms with van der Waals surface area (Å²) in [5.74, 6) is 0. The summed E-state index contributed by atoms with van der Waals surface area (Å²) in [5.41, 5.74) is -0.0550. The molecule has 3 unspecified atom stereocenters. The van der Waals surface area contributed by atoms with E-state index in [4.69, 9.17) is 4.74 Å². The van der Waals surface area contributed by atoms with Gasteiger partial charge in [0, 0.05) is 24.7 Å². The Morgan fingerprint density at radius 1 is 1.29 bits per heavy atom. The van der Waals surface area contributed by atoms with E-state index in [2.05, 4.69) is 24.2 Å². The molecule has 0 aromatic heterocycles. The molecule has 1 aliphatic carbocycles. The molecule has 4 heteroatoms. The van der Waals surface area contributed by atoms with Crippen LogP contribution >= 0.6 is 0 Å². The Kier molecular flexibility index (Phi) is 6.93. The minimum atomic E-state index is -0.0550. The lowest BCUT2D eigenvalue weighted by molar-refractivity contribution is -0.0178. The fourth-order valence-corrected chi connectivity index (χ4v) is 3.88. The summed E-state index contributed by atoms with van der Waals surface area (Å²) in [6, 6.07) is 0.570. The average molecular weight is 298 g/mol. The van der Waals surface area contributed by atoms with Crippen LogP contribution in [-0.2, 0) is 4.74 Å². The van der Waals surface area contributed by atoms with Gasteiger partial charge in [-0.15, -0.1) is 0 Å². The van der Waals surface area contributed by atoms with Gasteiger partial charge in [0.05, 0.1) is 12.7 Å². The Balaban J connectivity index is 1.86. The van der Waals surface area contributed by atoms with Crippen LogP contribution in [0.15, 0.2) is 0 Å². The lowest BCUT2D eigenvalue weighted by atomic mass is 9.78. The van der Waals surface area contributed by atoms with Gasteiger partial charge >= 0.3 is 0 Å². The molecule has 1 aliphatic heterocycles. The minimum Gasteiger partial charge on any atom is -0.394 e. The van der Waals surface area contributed by atoms with Crippen LogP contribution in [-0.4, -0.2) is 61.0 Å². The van der Waals surface area contributed by atoms with Crippen LogP contribution in [0.1, 0.15) is 58.3 Å². The van der Waals surface area contributed by atoms with Gasteiger partial charge in [-0.1, -0.05) is 6.92 Å². The van der Waals surface area contributed by atoms with Crippen LogP contribution in [0.5, 0.6) is 0 Å². The highest BCUT2D eigenvalue weighted by atomic mass is 16.5. The van der Waals surface area contributed by atoms with Crippen molar-refractivity contribution < 1.29 is 9.84 Å². The second-order valence-electron chi connectivity index (χ2n) is 7.04. The van der Waals surface area contributed by atoms with E-state index in [0.717, 1.165) is 39.0 Å². The summed E-state index contributed by atoms with van der Waals surface area (Å²) in [4.78, 5) is 2.48. The number of aliphatic hydroxyl groups is 1. The Morgan fingerprint density at radius 2 is 2.14 bits per heavy atom. The highest BCUT2D eigenvalue weighted by molar-refractivity contribution is 4.96. The predicted molar refractivity (Wildman–Crippen MR) is 86.6 cm³/mol. The van der Waals surface area contributed by atoms with Crippen LogP contribution in [0.2, 0.25) is 0 Å². The summed E-state index contributed by atoms with van der Waals surface area (Å²) in [5, 5.41) is 13.5. The van der Waals surface area contributed by atoms with Crippen LogP contribution in [0.3, 0.4) is 0 Å². The summed E-state index contributed by atoms with van der Waals surface area (Å²) >= 11 is 0. The van der Waals surface area contributed by atoms with Gasteiger partial charge in [0.15, 0.2) is 0 Å². The first-order chi connectivity index (χ1) is 10.2. The number of ether oxygens (including phenoxy) is 1. The van der Waals surface area contributed by atoms with Gasteiger partial charge in [0.25, 0.3) is 0 Å². The average Bonchev–Trinajstić information content (AvgIpc) is 2.54. The summed E-state index contributed by atoms with van der Waals surface area (Å²) in [6.45, 7) is 5.42. The molecule has 21 heavy (non-hydrogen) atoms. The zero-order valence-electron chi connectivity index (χ0n) is 13.9.